The van der Waals surface area contributed by atoms with Crippen LogP contribution in [0.2, 0.25) is 0 Å². The summed E-state index contributed by atoms with van der Waals surface area (Å²) in [6, 6.07) is 10.7. The maximum absolute atomic E-state index is 9.24. The zero-order chi connectivity index (χ0) is 14.8. The summed E-state index contributed by atoms with van der Waals surface area (Å²) >= 11 is 0. The number of aliphatic hydroxyl groups is 1. The van der Waals surface area contributed by atoms with E-state index in [-0.39, 0.29) is 0 Å². The fraction of sp³-hybridized carbons (Fsp3) is 0.471. The second kappa shape index (κ2) is 6.00. The topological polar surface area (TPSA) is 41.3 Å². The Kier molecular flexibility index (Phi) is 4.08. The summed E-state index contributed by atoms with van der Waals surface area (Å²) in [6.45, 7) is 7.44. The molecule has 0 spiro atoms. The molecule has 1 aromatic carbocycles. The Balaban J connectivity index is 1.76. The fourth-order valence-corrected chi connectivity index (χ4v) is 3.14. The van der Waals surface area contributed by atoms with Gasteiger partial charge < -0.3 is 5.11 Å². The van der Waals surface area contributed by atoms with Gasteiger partial charge in [-0.15, -0.1) is 0 Å². The zero-order valence-electron chi connectivity index (χ0n) is 12.8. The van der Waals surface area contributed by atoms with Gasteiger partial charge in [0, 0.05) is 25.4 Å². The minimum Gasteiger partial charge on any atom is -0.396 e. The minimum absolute atomic E-state index is 0.308. The molecule has 1 saturated heterocycles. The monoisotopic (exact) mass is 285 g/mol. The molecular weight excluding hydrogens is 262 g/mol. The number of likely N-dealkylation sites (tertiary alicyclic amines) is 1. The maximum atomic E-state index is 9.24. The molecule has 0 aliphatic carbocycles. The number of aryl methyl sites for hydroxylation is 2. The third-order valence-electron chi connectivity index (χ3n) is 4.20. The molecule has 1 aromatic heterocycles. The molecule has 0 amide bonds. The van der Waals surface area contributed by atoms with Crippen molar-refractivity contribution in [3.63, 3.8) is 0 Å². The quantitative estimate of drug-likeness (QED) is 0.937. The van der Waals surface area contributed by atoms with Crippen molar-refractivity contribution >= 4 is 0 Å². The lowest BCUT2D eigenvalue weighted by molar-refractivity contribution is 0.220. The van der Waals surface area contributed by atoms with Crippen molar-refractivity contribution in [1.82, 2.24) is 14.7 Å². The first-order chi connectivity index (χ1) is 10.2. The normalized spacial score (nSPS) is 19.3. The molecule has 21 heavy (non-hydrogen) atoms. The van der Waals surface area contributed by atoms with E-state index in [2.05, 4.69) is 47.3 Å². The Morgan fingerprint density at radius 2 is 2.14 bits per heavy atom. The molecule has 1 aliphatic heterocycles. The molecular formula is C17H23N3O. The highest BCUT2D eigenvalue weighted by Crippen LogP contribution is 2.20. The molecule has 3 rings (SSSR count). The second-order valence-electron chi connectivity index (χ2n) is 6.08. The molecule has 1 fully saturated rings. The largest absolute Gasteiger partial charge is 0.396 e. The molecule has 0 saturated carbocycles. The molecule has 1 N–H and O–H groups in total. The number of hydrogen-bond acceptors (Lipinski definition) is 3. The summed E-state index contributed by atoms with van der Waals surface area (Å²) in [5.41, 5.74) is 4.63. The van der Waals surface area contributed by atoms with Crippen molar-refractivity contribution in [2.75, 3.05) is 19.7 Å². The predicted octanol–water partition coefficient (Wildman–Crippen LogP) is 2.30. The summed E-state index contributed by atoms with van der Waals surface area (Å²) in [7, 11) is 0. The van der Waals surface area contributed by atoms with Gasteiger partial charge in [0.2, 0.25) is 0 Å². The first-order valence-electron chi connectivity index (χ1n) is 7.61. The van der Waals surface area contributed by atoms with Crippen LogP contribution in [0, 0.1) is 19.8 Å². The van der Waals surface area contributed by atoms with E-state index in [0.717, 1.165) is 43.1 Å². The Morgan fingerprint density at radius 3 is 2.81 bits per heavy atom. The summed E-state index contributed by atoms with van der Waals surface area (Å²) in [4.78, 5) is 2.42. The average Bonchev–Trinajstić information content (AvgIpc) is 3.05. The van der Waals surface area contributed by atoms with E-state index < -0.39 is 0 Å². The third-order valence-corrected chi connectivity index (χ3v) is 4.20. The van der Waals surface area contributed by atoms with Gasteiger partial charge in [-0.1, -0.05) is 12.1 Å². The highest BCUT2D eigenvalue weighted by atomic mass is 16.3. The van der Waals surface area contributed by atoms with E-state index in [1.807, 2.05) is 11.6 Å². The SMILES string of the molecule is Cc1cc(C)n(-c2cccc(CN3CC[C@@H](CO)C3)c2)n1. The first kappa shape index (κ1) is 14.3. The van der Waals surface area contributed by atoms with Gasteiger partial charge >= 0.3 is 0 Å². The zero-order valence-corrected chi connectivity index (χ0v) is 12.8. The number of hydrogen-bond donors (Lipinski definition) is 1. The van der Waals surface area contributed by atoms with Gasteiger partial charge in [-0.25, -0.2) is 4.68 Å². The lowest BCUT2D eigenvalue weighted by Crippen LogP contribution is -2.21. The Hall–Kier alpha value is -1.65. The standard InChI is InChI=1S/C17H23N3O/c1-13-8-14(2)20(18-13)17-5-3-4-15(9-17)10-19-7-6-16(11-19)12-21/h3-5,8-9,16,21H,6-7,10-12H2,1-2H3/t16-/m1/s1. The van der Waals surface area contributed by atoms with Crippen molar-refractivity contribution in [2.45, 2.75) is 26.8 Å². The van der Waals surface area contributed by atoms with E-state index in [1.54, 1.807) is 0 Å². The van der Waals surface area contributed by atoms with Gasteiger partial charge in [-0.05, 0) is 56.5 Å². The highest BCUT2D eigenvalue weighted by Gasteiger charge is 2.21. The van der Waals surface area contributed by atoms with E-state index in [0.29, 0.717) is 12.5 Å². The molecule has 2 heterocycles. The van der Waals surface area contributed by atoms with Gasteiger partial charge in [0.15, 0.2) is 0 Å². The minimum atomic E-state index is 0.308. The molecule has 1 atom stereocenters. The average molecular weight is 285 g/mol. The summed E-state index contributed by atoms with van der Waals surface area (Å²) in [6.07, 6.45) is 1.10. The van der Waals surface area contributed by atoms with Crippen LogP contribution in [0.3, 0.4) is 0 Å². The van der Waals surface area contributed by atoms with E-state index in [4.69, 9.17) is 0 Å². The summed E-state index contributed by atoms with van der Waals surface area (Å²) in [5.74, 6) is 0.448. The van der Waals surface area contributed by atoms with Crippen molar-refractivity contribution < 1.29 is 5.11 Å². The van der Waals surface area contributed by atoms with Gasteiger partial charge in [0.05, 0.1) is 11.4 Å². The van der Waals surface area contributed by atoms with Crippen LogP contribution >= 0.6 is 0 Å². The van der Waals surface area contributed by atoms with Crippen LogP contribution in [0.15, 0.2) is 30.3 Å². The van der Waals surface area contributed by atoms with Crippen LogP contribution < -0.4 is 0 Å². The highest BCUT2D eigenvalue weighted by molar-refractivity contribution is 5.37. The predicted molar refractivity (Wildman–Crippen MR) is 83.5 cm³/mol. The lowest BCUT2D eigenvalue weighted by atomic mass is 10.1. The van der Waals surface area contributed by atoms with Crippen molar-refractivity contribution in [2.24, 2.45) is 5.92 Å². The Labute approximate surface area is 126 Å². The molecule has 4 nitrogen and oxygen atoms in total. The first-order valence-corrected chi connectivity index (χ1v) is 7.61. The number of rotatable bonds is 4. The maximum Gasteiger partial charge on any atom is 0.0651 e. The van der Waals surface area contributed by atoms with Gasteiger partial charge in [-0.3, -0.25) is 4.90 Å². The molecule has 112 valence electrons. The van der Waals surface area contributed by atoms with Crippen LogP contribution in [0.4, 0.5) is 0 Å². The van der Waals surface area contributed by atoms with Crippen LogP contribution in [0.25, 0.3) is 5.69 Å². The Morgan fingerprint density at radius 1 is 1.29 bits per heavy atom. The van der Waals surface area contributed by atoms with Crippen LogP contribution in [0.1, 0.15) is 23.4 Å². The summed E-state index contributed by atoms with van der Waals surface area (Å²) < 4.78 is 2.00. The number of aliphatic hydroxyl groups excluding tert-OH is 1. The van der Waals surface area contributed by atoms with E-state index >= 15 is 0 Å². The fourth-order valence-electron chi connectivity index (χ4n) is 3.14. The second-order valence-corrected chi connectivity index (χ2v) is 6.08. The van der Waals surface area contributed by atoms with Gasteiger partial charge in [0.1, 0.15) is 0 Å². The smallest absolute Gasteiger partial charge is 0.0651 e. The van der Waals surface area contributed by atoms with Crippen LogP contribution in [-0.4, -0.2) is 39.5 Å². The van der Waals surface area contributed by atoms with Crippen molar-refractivity contribution in [3.8, 4) is 5.69 Å². The molecule has 2 aromatic rings. The summed E-state index contributed by atoms with van der Waals surface area (Å²) in [5, 5.41) is 13.8. The third kappa shape index (κ3) is 3.17. The molecule has 4 heteroatoms. The van der Waals surface area contributed by atoms with Gasteiger partial charge in [0.25, 0.3) is 0 Å². The van der Waals surface area contributed by atoms with Crippen molar-refractivity contribution in [3.05, 3.63) is 47.3 Å². The van der Waals surface area contributed by atoms with Crippen LogP contribution in [0.5, 0.6) is 0 Å². The Bertz CT molecular complexity index is 620. The number of nitrogens with zero attached hydrogens (tertiary/aromatic N) is 3. The molecule has 0 radical (unpaired) electrons. The molecule has 0 unspecified atom stereocenters. The molecule has 0 bridgehead atoms. The molecule has 1 aliphatic rings. The van der Waals surface area contributed by atoms with Crippen molar-refractivity contribution in [1.29, 1.82) is 0 Å². The van der Waals surface area contributed by atoms with E-state index in [1.165, 1.54) is 5.56 Å². The lowest BCUT2D eigenvalue weighted by Gasteiger charge is -2.16. The number of benzene rings is 1. The van der Waals surface area contributed by atoms with Crippen LogP contribution in [-0.2, 0) is 6.54 Å². The van der Waals surface area contributed by atoms with Gasteiger partial charge in [-0.2, -0.15) is 5.10 Å². The number of aromatic nitrogens is 2. The van der Waals surface area contributed by atoms with E-state index in [9.17, 15) is 5.11 Å².